The minimum absolute atomic E-state index is 0.577. The highest BCUT2D eigenvalue weighted by Crippen LogP contribution is 2.20. The molecule has 0 saturated carbocycles. The molecule has 1 fully saturated rings. The molecule has 1 aliphatic heterocycles. The summed E-state index contributed by atoms with van der Waals surface area (Å²) in [5.41, 5.74) is 2.47. The third kappa shape index (κ3) is 2.51. The smallest absolute Gasteiger partial charge is 0.0843 e. The van der Waals surface area contributed by atoms with E-state index in [0.29, 0.717) is 6.04 Å². The molecular weight excluding hydrogens is 236 g/mol. The van der Waals surface area contributed by atoms with Gasteiger partial charge in [-0.15, -0.1) is 0 Å². The fraction of sp³-hybridized carbons (Fsp3) is 0.533. The second kappa shape index (κ2) is 5.31. The Kier molecular flexibility index (Phi) is 3.53. The van der Waals surface area contributed by atoms with Gasteiger partial charge in [-0.25, -0.2) is 0 Å². The zero-order valence-corrected chi connectivity index (χ0v) is 11.8. The third-order valence-electron chi connectivity index (χ3n) is 3.86. The molecule has 1 saturated heterocycles. The maximum absolute atomic E-state index is 4.78. The van der Waals surface area contributed by atoms with Gasteiger partial charge in [0, 0.05) is 44.2 Å². The standard InChI is InChI=1S/C15H22N4/c1-3-19-15-7-5-4-6-13(15)14(17-19)11-18-9-8-16-12(2)10-18/h4-7,12,16H,3,8-11H2,1-2H3/t12-/m1/s1. The highest BCUT2D eigenvalue weighted by atomic mass is 15.3. The zero-order chi connectivity index (χ0) is 13.2. The molecule has 1 atom stereocenters. The maximum atomic E-state index is 4.78. The van der Waals surface area contributed by atoms with Crippen LogP contribution in [0.5, 0.6) is 0 Å². The van der Waals surface area contributed by atoms with Crippen LogP contribution in [0.2, 0.25) is 0 Å². The van der Waals surface area contributed by atoms with Gasteiger partial charge in [0.1, 0.15) is 0 Å². The van der Waals surface area contributed by atoms with Crippen molar-refractivity contribution in [2.75, 3.05) is 19.6 Å². The molecule has 19 heavy (non-hydrogen) atoms. The Morgan fingerprint density at radius 2 is 2.21 bits per heavy atom. The number of aryl methyl sites for hydroxylation is 1. The predicted molar refractivity (Wildman–Crippen MR) is 78.1 cm³/mol. The van der Waals surface area contributed by atoms with E-state index in [-0.39, 0.29) is 0 Å². The summed E-state index contributed by atoms with van der Waals surface area (Å²) in [5, 5.41) is 9.57. The summed E-state index contributed by atoms with van der Waals surface area (Å²) in [5.74, 6) is 0. The molecule has 1 aliphatic rings. The normalized spacial score (nSPS) is 21.1. The molecule has 4 nitrogen and oxygen atoms in total. The van der Waals surface area contributed by atoms with Crippen LogP contribution in [-0.4, -0.2) is 40.4 Å². The van der Waals surface area contributed by atoms with E-state index in [4.69, 9.17) is 5.10 Å². The van der Waals surface area contributed by atoms with Crippen molar-refractivity contribution >= 4 is 10.9 Å². The lowest BCUT2D eigenvalue weighted by Gasteiger charge is -2.31. The SMILES string of the molecule is CCn1nc(CN2CCN[C@H](C)C2)c2ccccc21. The van der Waals surface area contributed by atoms with E-state index in [0.717, 1.165) is 32.7 Å². The average Bonchev–Trinajstić information content (AvgIpc) is 2.77. The molecule has 0 spiro atoms. The van der Waals surface area contributed by atoms with Gasteiger partial charge in [-0.05, 0) is 19.9 Å². The third-order valence-corrected chi connectivity index (χ3v) is 3.86. The van der Waals surface area contributed by atoms with Gasteiger partial charge < -0.3 is 5.32 Å². The van der Waals surface area contributed by atoms with E-state index in [1.165, 1.54) is 16.6 Å². The van der Waals surface area contributed by atoms with Crippen LogP contribution in [0.4, 0.5) is 0 Å². The number of aromatic nitrogens is 2. The molecule has 0 amide bonds. The fourth-order valence-electron chi connectivity index (χ4n) is 2.92. The Morgan fingerprint density at radius 3 is 3.00 bits per heavy atom. The lowest BCUT2D eigenvalue weighted by Crippen LogP contribution is -2.48. The highest BCUT2D eigenvalue weighted by molar-refractivity contribution is 5.81. The van der Waals surface area contributed by atoms with Crippen LogP contribution < -0.4 is 5.32 Å². The average molecular weight is 258 g/mol. The monoisotopic (exact) mass is 258 g/mol. The topological polar surface area (TPSA) is 33.1 Å². The Hall–Kier alpha value is -1.39. The lowest BCUT2D eigenvalue weighted by molar-refractivity contribution is 0.198. The van der Waals surface area contributed by atoms with E-state index in [1.54, 1.807) is 0 Å². The largest absolute Gasteiger partial charge is 0.312 e. The van der Waals surface area contributed by atoms with Gasteiger partial charge in [0.2, 0.25) is 0 Å². The van der Waals surface area contributed by atoms with Gasteiger partial charge >= 0.3 is 0 Å². The first-order valence-electron chi connectivity index (χ1n) is 7.18. The Bertz CT molecular complexity index is 560. The summed E-state index contributed by atoms with van der Waals surface area (Å²) < 4.78 is 2.11. The van der Waals surface area contributed by atoms with Crippen molar-refractivity contribution in [3.63, 3.8) is 0 Å². The first kappa shape index (κ1) is 12.6. The number of para-hydroxylation sites is 1. The van der Waals surface area contributed by atoms with Gasteiger partial charge in [0.15, 0.2) is 0 Å². The van der Waals surface area contributed by atoms with Crippen LogP contribution in [-0.2, 0) is 13.1 Å². The van der Waals surface area contributed by atoms with Crippen molar-refractivity contribution in [2.24, 2.45) is 0 Å². The lowest BCUT2D eigenvalue weighted by atomic mass is 10.2. The van der Waals surface area contributed by atoms with Crippen LogP contribution in [0.3, 0.4) is 0 Å². The number of nitrogens with zero attached hydrogens (tertiary/aromatic N) is 3. The van der Waals surface area contributed by atoms with E-state index in [1.807, 2.05) is 0 Å². The highest BCUT2D eigenvalue weighted by Gasteiger charge is 2.18. The number of piperazine rings is 1. The maximum Gasteiger partial charge on any atom is 0.0843 e. The second-order valence-electron chi connectivity index (χ2n) is 5.37. The summed E-state index contributed by atoms with van der Waals surface area (Å²) >= 11 is 0. The van der Waals surface area contributed by atoms with Crippen LogP contribution in [0, 0.1) is 0 Å². The molecule has 0 aliphatic carbocycles. The van der Waals surface area contributed by atoms with Crippen molar-refractivity contribution < 1.29 is 0 Å². The minimum atomic E-state index is 0.577. The molecular formula is C15H22N4. The summed E-state index contributed by atoms with van der Waals surface area (Å²) in [6.45, 7) is 9.57. The molecule has 0 bridgehead atoms. The van der Waals surface area contributed by atoms with Crippen LogP contribution >= 0.6 is 0 Å². The Morgan fingerprint density at radius 1 is 1.37 bits per heavy atom. The van der Waals surface area contributed by atoms with E-state index >= 15 is 0 Å². The molecule has 1 N–H and O–H groups in total. The quantitative estimate of drug-likeness (QED) is 0.912. The van der Waals surface area contributed by atoms with E-state index < -0.39 is 0 Å². The summed E-state index contributed by atoms with van der Waals surface area (Å²) in [6.07, 6.45) is 0. The Balaban J connectivity index is 1.88. The first-order chi connectivity index (χ1) is 9.28. The fourth-order valence-corrected chi connectivity index (χ4v) is 2.92. The number of hydrogen-bond donors (Lipinski definition) is 1. The number of rotatable bonds is 3. The number of nitrogens with one attached hydrogen (secondary N) is 1. The molecule has 3 rings (SSSR count). The van der Waals surface area contributed by atoms with Gasteiger partial charge in [0.05, 0.1) is 11.2 Å². The van der Waals surface area contributed by atoms with Crippen molar-refractivity contribution in [1.29, 1.82) is 0 Å². The van der Waals surface area contributed by atoms with Gasteiger partial charge in [0.25, 0.3) is 0 Å². The van der Waals surface area contributed by atoms with Crippen LogP contribution in [0.1, 0.15) is 19.5 Å². The number of fused-ring (bicyclic) bond motifs is 1. The second-order valence-corrected chi connectivity index (χ2v) is 5.37. The Labute approximate surface area is 114 Å². The molecule has 0 unspecified atom stereocenters. The van der Waals surface area contributed by atoms with Crippen molar-refractivity contribution in [3.05, 3.63) is 30.0 Å². The summed E-state index contributed by atoms with van der Waals surface area (Å²) in [4.78, 5) is 2.50. The summed E-state index contributed by atoms with van der Waals surface area (Å²) in [7, 11) is 0. The van der Waals surface area contributed by atoms with Crippen molar-refractivity contribution in [3.8, 4) is 0 Å². The number of hydrogen-bond acceptors (Lipinski definition) is 3. The van der Waals surface area contributed by atoms with Crippen molar-refractivity contribution in [2.45, 2.75) is 33.0 Å². The summed E-state index contributed by atoms with van der Waals surface area (Å²) in [6, 6.07) is 9.12. The molecule has 2 heterocycles. The van der Waals surface area contributed by atoms with E-state index in [9.17, 15) is 0 Å². The van der Waals surface area contributed by atoms with Crippen molar-refractivity contribution in [1.82, 2.24) is 20.0 Å². The van der Waals surface area contributed by atoms with Crippen LogP contribution in [0.25, 0.3) is 10.9 Å². The van der Waals surface area contributed by atoms with Gasteiger partial charge in [-0.3, -0.25) is 9.58 Å². The molecule has 0 radical (unpaired) electrons. The predicted octanol–water partition coefficient (Wildman–Crippen LogP) is 1.85. The molecule has 1 aromatic heterocycles. The molecule has 102 valence electrons. The zero-order valence-electron chi connectivity index (χ0n) is 11.8. The molecule has 4 heteroatoms. The molecule has 1 aromatic carbocycles. The minimum Gasteiger partial charge on any atom is -0.312 e. The van der Waals surface area contributed by atoms with Gasteiger partial charge in [-0.2, -0.15) is 5.10 Å². The van der Waals surface area contributed by atoms with Crippen LogP contribution in [0.15, 0.2) is 24.3 Å². The van der Waals surface area contributed by atoms with E-state index in [2.05, 4.69) is 53.0 Å². The molecule has 2 aromatic rings. The number of benzene rings is 1. The van der Waals surface area contributed by atoms with Gasteiger partial charge in [-0.1, -0.05) is 18.2 Å². The first-order valence-corrected chi connectivity index (χ1v) is 7.18.